The zero-order chi connectivity index (χ0) is 18.0. The number of hydrogen-bond donors (Lipinski definition) is 2. The lowest BCUT2D eigenvalue weighted by atomic mass is 10.1. The first-order chi connectivity index (χ1) is 11.1. The van der Waals surface area contributed by atoms with Crippen molar-refractivity contribution in [3.63, 3.8) is 0 Å². The first-order valence-electron chi connectivity index (χ1n) is 7.17. The molecule has 4 nitrogen and oxygen atoms in total. The summed E-state index contributed by atoms with van der Waals surface area (Å²) in [6, 6.07) is 9.51. The van der Waals surface area contributed by atoms with E-state index in [1.54, 1.807) is 12.1 Å². The Morgan fingerprint density at radius 1 is 1.08 bits per heavy atom. The van der Waals surface area contributed by atoms with Gasteiger partial charge < -0.3 is 5.32 Å². The molecule has 0 aliphatic carbocycles. The van der Waals surface area contributed by atoms with Crippen LogP contribution in [0.3, 0.4) is 0 Å². The van der Waals surface area contributed by atoms with Crippen LogP contribution in [0.2, 0.25) is 0 Å². The molecule has 0 aliphatic rings. The van der Waals surface area contributed by atoms with Crippen LogP contribution in [0.5, 0.6) is 0 Å². The fourth-order valence-electron chi connectivity index (χ4n) is 2.26. The average Bonchev–Trinajstić information content (AvgIpc) is 2.51. The van der Waals surface area contributed by atoms with Crippen molar-refractivity contribution in [2.24, 2.45) is 5.14 Å². The third kappa shape index (κ3) is 4.48. The van der Waals surface area contributed by atoms with Gasteiger partial charge in [0.15, 0.2) is 0 Å². The molecule has 2 aromatic carbocycles. The molecule has 24 heavy (non-hydrogen) atoms. The molecule has 0 unspecified atom stereocenters. The van der Waals surface area contributed by atoms with E-state index in [1.807, 2.05) is 6.92 Å². The van der Waals surface area contributed by atoms with Gasteiger partial charge in [0.25, 0.3) is 0 Å². The number of rotatable bonds is 5. The predicted molar refractivity (Wildman–Crippen MR) is 86.0 cm³/mol. The third-order valence-electron chi connectivity index (χ3n) is 3.53. The van der Waals surface area contributed by atoms with E-state index >= 15 is 0 Å². The van der Waals surface area contributed by atoms with Crippen LogP contribution in [0.1, 0.15) is 23.6 Å². The van der Waals surface area contributed by atoms with Gasteiger partial charge in [0, 0.05) is 12.2 Å². The number of anilines is 1. The molecule has 0 heterocycles. The van der Waals surface area contributed by atoms with Crippen molar-refractivity contribution in [1.82, 2.24) is 0 Å². The number of sulfonamides is 1. The molecule has 0 amide bonds. The summed E-state index contributed by atoms with van der Waals surface area (Å²) in [5.41, 5.74) is 1.22. The topological polar surface area (TPSA) is 72.2 Å². The minimum Gasteiger partial charge on any atom is -0.381 e. The van der Waals surface area contributed by atoms with Crippen LogP contribution in [0.4, 0.5) is 18.9 Å². The molecule has 0 radical (unpaired) electrons. The first kappa shape index (κ1) is 18.3. The van der Waals surface area contributed by atoms with Crippen molar-refractivity contribution >= 4 is 15.7 Å². The Balaban J connectivity index is 2.12. The van der Waals surface area contributed by atoms with Crippen LogP contribution < -0.4 is 10.5 Å². The Morgan fingerprint density at radius 2 is 1.71 bits per heavy atom. The lowest BCUT2D eigenvalue weighted by molar-refractivity contribution is -0.137. The zero-order valence-electron chi connectivity index (χ0n) is 12.9. The Bertz CT molecular complexity index is 816. The van der Waals surface area contributed by atoms with E-state index < -0.39 is 21.8 Å². The number of primary sulfonamides is 1. The van der Waals surface area contributed by atoms with Crippen LogP contribution in [-0.4, -0.2) is 8.42 Å². The Hall–Kier alpha value is -2.06. The highest BCUT2D eigenvalue weighted by Gasteiger charge is 2.29. The van der Waals surface area contributed by atoms with Gasteiger partial charge in [-0.25, -0.2) is 13.6 Å². The van der Waals surface area contributed by atoms with E-state index in [2.05, 4.69) is 5.32 Å². The second-order valence-electron chi connectivity index (χ2n) is 5.27. The third-order valence-corrected chi connectivity index (χ3v) is 4.54. The van der Waals surface area contributed by atoms with Crippen LogP contribution in [0.15, 0.2) is 47.4 Å². The van der Waals surface area contributed by atoms with Crippen LogP contribution in [0, 0.1) is 0 Å². The maximum absolute atomic E-state index is 12.5. The lowest BCUT2D eigenvalue weighted by Gasteiger charge is -2.12. The summed E-state index contributed by atoms with van der Waals surface area (Å²) in [6.45, 7) is 2.12. The summed E-state index contributed by atoms with van der Waals surface area (Å²) in [4.78, 5) is 0.0741. The van der Waals surface area contributed by atoms with Crippen molar-refractivity contribution in [1.29, 1.82) is 0 Å². The summed E-state index contributed by atoms with van der Waals surface area (Å²) >= 11 is 0. The Labute approximate surface area is 138 Å². The highest BCUT2D eigenvalue weighted by atomic mass is 32.2. The molecule has 130 valence electrons. The number of nitrogens with two attached hydrogens (primary N) is 1. The average molecular weight is 358 g/mol. The van der Waals surface area contributed by atoms with Gasteiger partial charge >= 0.3 is 6.18 Å². The van der Waals surface area contributed by atoms with Crippen molar-refractivity contribution in [2.45, 2.75) is 31.0 Å². The Morgan fingerprint density at radius 3 is 2.21 bits per heavy atom. The molecule has 0 spiro atoms. The first-order valence-corrected chi connectivity index (χ1v) is 8.71. The number of nitrogens with one attached hydrogen (secondary N) is 1. The van der Waals surface area contributed by atoms with Crippen LogP contribution in [-0.2, 0) is 29.2 Å². The molecule has 0 atom stereocenters. The summed E-state index contributed by atoms with van der Waals surface area (Å²) in [6.07, 6.45) is -3.87. The van der Waals surface area contributed by atoms with Crippen molar-refractivity contribution in [3.8, 4) is 0 Å². The maximum atomic E-state index is 12.5. The summed E-state index contributed by atoms with van der Waals surface area (Å²) in [5.74, 6) is 0. The van der Waals surface area contributed by atoms with Gasteiger partial charge in [-0.1, -0.05) is 19.1 Å². The molecule has 8 heteroatoms. The molecular formula is C16H17F3N2O2S. The second kappa shape index (κ2) is 6.82. The molecule has 2 aromatic rings. The standard InChI is InChI=1S/C16H17F3N2O2S/c1-2-12-9-14(7-8-15(12)24(20,22)23)21-10-11-3-5-13(6-4-11)16(17,18)19/h3-9,21H,2,10H2,1H3,(H2,20,22,23). The van der Waals surface area contributed by atoms with E-state index in [0.717, 1.165) is 12.1 Å². The molecule has 0 fully saturated rings. The van der Waals surface area contributed by atoms with Gasteiger partial charge in [0.1, 0.15) is 0 Å². The van der Waals surface area contributed by atoms with E-state index in [4.69, 9.17) is 5.14 Å². The van der Waals surface area contributed by atoms with Crippen LogP contribution >= 0.6 is 0 Å². The molecular weight excluding hydrogens is 341 g/mol. The van der Waals surface area contributed by atoms with Gasteiger partial charge in [-0.2, -0.15) is 13.2 Å². The number of halogens is 3. The molecule has 3 N–H and O–H groups in total. The predicted octanol–water partition coefficient (Wildman–Crippen LogP) is 3.53. The monoisotopic (exact) mass is 358 g/mol. The normalized spacial score (nSPS) is 12.2. The smallest absolute Gasteiger partial charge is 0.381 e. The van der Waals surface area contributed by atoms with E-state index in [0.29, 0.717) is 29.8 Å². The van der Waals surface area contributed by atoms with Gasteiger partial charge in [0.2, 0.25) is 10.0 Å². The summed E-state index contributed by atoms with van der Waals surface area (Å²) < 4.78 is 60.5. The number of alkyl halides is 3. The summed E-state index contributed by atoms with van der Waals surface area (Å²) in [7, 11) is -3.78. The SMILES string of the molecule is CCc1cc(NCc2ccc(C(F)(F)F)cc2)ccc1S(N)(=O)=O. The van der Waals surface area contributed by atoms with Crippen molar-refractivity contribution in [3.05, 3.63) is 59.2 Å². The molecule has 2 rings (SSSR count). The molecule has 0 aliphatic heterocycles. The van der Waals surface area contributed by atoms with Gasteiger partial charge in [-0.05, 0) is 47.9 Å². The van der Waals surface area contributed by atoms with E-state index in [1.165, 1.54) is 18.2 Å². The summed E-state index contributed by atoms with van der Waals surface area (Å²) in [5, 5.41) is 8.21. The lowest BCUT2D eigenvalue weighted by Crippen LogP contribution is -2.14. The highest BCUT2D eigenvalue weighted by Crippen LogP contribution is 2.29. The highest BCUT2D eigenvalue weighted by molar-refractivity contribution is 7.89. The maximum Gasteiger partial charge on any atom is 0.416 e. The Kier molecular flexibility index (Phi) is 5.19. The molecule has 0 aromatic heterocycles. The van der Waals surface area contributed by atoms with Gasteiger partial charge in [-0.3, -0.25) is 0 Å². The number of hydrogen-bond acceptors (Lipinski definition) is 3. The number of aryl methyl sites for hydroxylation is 1. The minimum atomic E-state index is -4.36. The molecule has 0 bridgehead atoms. The molecule has 0 saturated carbocycles. The van der Waals surface area contributed by atoms with Crippen LogP contribution in [0.25, 0.3) is 0 Å². The van der Waals surface area contributed by atoms with Crippen molar-refractivity contribution < 1.29 is 21.6 Å². The fourth-order valence-corrected chi connectivity index (χ4v) is 3.09. The van der Waals surface area contributed by atoms with E-state index in [-0.39, 0.29) is 4.90 Å². The van der Waals surface area contributed by atoms with Gasteiger partial charge in [0.05, 0.1) is 10.5 Å². The second-order valence-corrected chi connectivity index (χ2v) is 6.80. The number of benzene rings is 2. The quantitative estimate of drug-likeness (QED) is 0.859. The minimum absolute atomic E-state index is 0.0741. The zero-order valence-corrected chi connectivity index (χ0v) is 13.7. The fraction of sp³-hybridized carbons (Fsp3) is 0.250. The van der Waals surface area contributed by atoms with Gasteiger partial charge in [-0.15, -0.1) is 0 Å². The van der Waals surface area contributed by atoms with Crippen molar-refractivity contribution in [2.75, 3.05) is 5.32 Å². The molecule has 0 saturated heterocycles. The van der Waals surface area contributed by atoms with E-state index in [9.17, 15) is 21.6 Å². The largest absolute Gasteiger partial charge is 0.416 e.